The fourth-order valence-electron chi connectivity index (χ4n) is 1.96. The highest BCUT2D eigenvalue weighted by Gasteiger charge is 2.20. The maximum Gasteiger partial charge on any atom is 0.269 e. The molecule has 0 radical (unpaired) electrons. The molecule has 0 fully saturated rings. The third-order valence-electron chi connectivity index (χ3n) is 2.86. The van der Waals surface area contributed by atoms with Crippen molar-refractivity contribution in [2.45, 2.75) is 13.0 Å². The smallest absolute Gasteiger partial charge is 0.269 e. The van der Waals surface area contributed by atoms with Gasteiger partial charge in [0.15, 0.2) is 5.69 Å². The van der Waals surface area contributed by atoms with E-state index in [4.69, 9.17) is 4.42 Å². The molecule has 2 N–H and O–H groups in total. The van der Waals surface area contributed by atoms with E-state index in [0.717, 1.165) is 12.1 Å². The van der Waals surface area contributed by atoms with Crippen LogP contribution >= 0.6 is 0 Å². The lowest BCUT2D eigenvalue weighted by molar-refractivity contribution is 0.443. The van der Waals surface area contributed by atoms with Crippen molar-refractivity contribution in [3.63, 3.8) is 0 Å². The number of nitrogens with zero attached hydrogens (tertiary/aromatic N) is 4. The second kappa shape index (κ2) is 5.62. The number of hydrogen-bond donors (Lipinski definition) is 2. The summed E-state index contributed by atoms with van der Waals surface area (Å²) < 4.78 is 5.69. The second-order valence-electron chi connectivity index (χ2n) is 4.20. The Morgan fingerprint density at radius 3 is 2.80 bits per heavy atom. The molecular weight excluding hydrogens is 256 g/mol. The number of rotatable bonds is 5. The predicted molar refractivity (Wildman–Crippen MR) is 71.6 cm³/mol. The lowest BCUT2D eigenvalue weighted by Gasteiger charge is -2.13. The first kappa shape index (κ1) is 12.5. The van der Waals surface area contributed by atoms with Crippen LogP contribution in [0, 0.1) is 0 Å². The van der Waals surface area contributed by atoms with Gasteiger partial charge < -0.3 is 9.73 Å². The minimum Gasteiger partial charge on any atom is -0.417 e. The van der Waals surface area contributed by atoms with Crippen LogP contribution in [0.2, 0.25) is 0 Å². The highest BCUT2D eigenvalue weighted by Crippen LogP contribution is 2.23. The van der Waals surface area contributed by atoms with Crippen molar-refractivity contribution in [3.05, 3.63) is 48.0 Å². The van der Waals surface area contributed by atoms with Gasteiger partial charge in [-0.05, 0) is 12.1 Å². The van der Waals surface area contributed by atoms with Crippen LogP contribution in [0.25, 0.3) is 11.6 Å². The highest BCUT2D eigenvalue weighted by molar-refractivity contribution is 5.42. The molecule has 0 saturated heterocycles. The summed E-state index contributed by atoms with van der Waals surface area (Å²) in [5, 5.41) is 21.6. The van der Waals surface area contributed by atoms with Gasteiger partial charge in [0.2, 0.25) is 5.89 Å². The number of nitrogens with one attached hydrogen (secondary N) is 2. The summed E-state index contributed by atoms with van der Waals surface area (Å²) in [5.74, 6) is 0.864. The average Bonchev–Trinajstić information content (AvgIpc) is 3.16. The Labute approximate surface area is 115 Å². The predicted octanol–water partition coefficient (Wildman–Crippen LogP) is 1.55. The molecule has 3 aromatic rings. The average molecular weight is 270 g/mol. The number of aromatic nitrogens is 5. The van der Waals surface area contributed by atoms with E-state index in [0.29, 0.717) is 17.5 Å². The minimum absolute atomic E-state index is 0.130. The molecule has 0 amide bonds. The second-order valence-corrected chi connectivity index (χ2v) is 4.20. The van der Waals surface area contributed by atoms with Crippen LogP contribution in [0.1, 0.15) is 24.4 Å². The fraction of sp³-hybridized carbons (Fsp3) is 0.231. The highest BCUT2D eigenvalue weighted by atomic mass is 16.4. The summed E-state index contributed by atoms with van der Waals surface area (Å²) in [4.78, 5) is 0. The van der Waals surface area contributed by atoms with Crippen molar-refractivity contribution in [3.8, 4) is 11.6 Å². The fourth-order valence-corrected chi connectivity index (χ4v) is 1.96. The molecule has 0 aliphatic heterocycles. The van der Waals surface area contributed by atoms with Crippen LogP contribution in [0.15, 0.2) is 40.9 Å². The van der Waals surface area contributed by atoms with Gasteiger partial charge in [0.1, 0.15) is 6.04 Å². The number of H-pyrrole nitrogens is 1. The Bertz CT molecular complexity index is 649. The molecule has 20 heavy (non-hydrogen) atoms. The van der Waals surface area contributed by atoms with Gasteiger partial charge in [0.05, 0.1) is 6.20 Å². The van der Waals surface area contributed by atoms with E-state index < -0.39 is 0 Å². The molecule has 0 bridgehead atoms. The molecule has 0 aliphatic rings. The summed E-state index contributed by atoms with van der Waals surface area (Å²) in [5.41, 5.74) is 1.61. The van der Waals surface area contributed by atoms with Gasteiger partial charge >= 0.3 is 0 Å². The lowest BCUT2D eigenvalue weighted by Crippen LogP contribution is -2.22. The Balaban J connectivity index is 1.92. The minimum atomic E-state index is -0.130. The normalized spacial score (nSPS) is 12.4. The molecule has 0 spiro atoms. The summed E-state index contributed by atoms with van der Waals surface area (Å²) in [6, 6.07) is 9.85. The molecule has 0 saturated carbocycles. The topological polar surface area (TPSA) is 92.5 Å². The Morgan fingerprint density at radius 2 is 2.10 bits per heavy atom. The van der Waals surface area contributed by atoms with E-state index in [2.05, 4.69) is 30.9 Å². The van der Waals surface area contributed by atoms with Gasteiger partial charge in [-0.25, -0.2) is 0 Å². The molecule has 7 heteroatoms. The van der Waals surface area contributed by atoms with Crippen molar-refractivity contribution in [1.29, 1.82) is 0 Å². The molecule has 2 aromatic heterocycles. The van der Waals surface area contributed by atoms with Crippen LogP contribution in [-0.2, 0) is 0 Å². The molecular formula is C13H14N6O. The van der Waals surface area contributed by atoms with E-state index in [-0.39, 0.29) is 6.04 Å². The first-order valence-corrected chi connectivity index (χ1v) is 6.36. The van der Waals surface area contributed by atoms with Crippen LogP contribution in [0.5, 0.6) is 0 Å². The summed E-state index contributed by atoms with van der Waals surface area (Å²) in [6.07, 6.45) is 1.54. The quantitative estimate of drug-likeness (QED) is 0.730. The molecule has 0 aliphatic carbocycles. The molecule has 1 aromatic carbocycles. The van der Waals surface area contributed by atoms with Crippen LogP contribution < -0.4 is 5.32 Å². The van der Waals surface area contributed by atoms with Crippen LogP contribution in [0.4, 0.5) is 0 Å². The van der Waals surface area contributed by atoms with Crippen molar-refractivity contribution in [2.24, 2.45) is 0 Å². The standard InChI is InChI=1S/C13H14N6O/c1-2-14-11(9-6-4-3-5-7-9)13-18-17-12(20-13)10-8-15-19-16-10/h3-8,11,14H,2H2,1H3,(H,15,16,19). The SMILES string of the molecule is CCNC(c1ccccc1)c1nnc(-c2cn[nH]n2)o1. The third-order valence-corrected chi connectivity index (χ3v) is 2.86. The maximum absolute atomic E-state index is 5.69. The number of aromatic amines is 1. The van der Waals surface area contributed by atoms with Crippen molar-refractivity contribution >= 4 is 0 Å². The van der Waals surface area contributed by atoms with Crippen LogP contribution in [-0.4, -0.2) is 32.2 Å². The Hall–Kier alpha value is -2.54. The van der Waals surface area contributed by atoms with E-state index in [1.54, 1.807) is 6.20 Å². The van der Waals surface area contributed by atoms with Crippen LogP contribution in [0.3, 0.4) is 0 Å². The van der Waals surface area contributed by atoms with E-state index >= 15 is 0 Å². The number of hydrogen-bond acceptors (Lipinski definition) is 6. The zero-order valence-electron chi connectivity index (χ0n) is 10.9. The van der Waals surface area contributed by atoms with Gasteiger partial charge in [0.25, 0.3) is 5.89 Å². The molecule has 1 unspecified atom stereocenters. The third kappa shape index (κ3) is 2.43. The molecule has 3 rings (SSSR count). The summed E-state index contributed by atoms with van der Waals surface area (Å²) in [6.45, 7) is 2.83. The number of benzene rings is 1. The van der Waals surface area contributed by atoms with Gasteiger partial charge in [0, 0.05) is 0 Å². The van der Waals surface area contributed by atoms with Gasteiger partial charge in [-0.15, -0.1) is 10.2 Å². The van der Waals surface area contributed by atoms with Crippen molar-refractivity contribution in [2.75, 3.05) is 6.54 Å². The monoisotopic (exact) mass is 270 g/mol. The van der Waals surface area contributed by atoms with Crippen molar-refractivity contribution in [1.82, 2.24) is 30.9 Å². The largest absolute Gasteiger partial charge is 0.417 e. The first-order valence-electron chi connectivity index (χ1n) is 6.36. The molecule has 2 heterocycles. The molecule has 7 nitrogen and oxygen atoms in total. The summed E-state index contributed by atoms with van der Waals surface area (Å²) in [7, 11) is 0. The first-order chi connectivity index (χ1) is 9.88. The summed E-state index contributed by atoms with van der Waals surface area (Å²) >= 11 is 0. The zero-order valence-corrected chi connectivity index (χ0v) is 10.9. The van der Waals surface area contributed by atoms with E-state index in [1.807, 2.05) is 37.3 Å². The van der Waals surface area contributed by atoms with Crippen molar-refractivity contribution < 1.29 is 4.42 Å². The van der Waals surface area contributed by atoms with Gasteiger partial charge in [-0.3, -0.25) is 0 Å². The molecule has 102 valence electrons. The molecule has 1 atom stereocenters. The Kier molecular flexibility index (Phi) is 3.51. The Morgan fingerprint density at radius 1 is 1.25 bits per heavy atom. The van der Waals surface area contributed by atoms with Gasteiger partial charge in [-0.1, -0.05) is 37.3 Å². The van der Waals surface area contributed by atoms with E-state index in [9.17, 15) is 0 Å². The van der Waals surface area contributed by atoms with E-state index in [1.165, 1.54) is 0 Å². The lowest BCUT2D eigenvalue weighted by atomic mass is 10.1. The zero-order chi connectivity index (χ0) is 13.8. The maximum atomic E-state index is 5.69. The van der Waals surface area contributed by atoms with Gasteiger partial charge in [-0.2, -0.15) is 15.4 Å².